The lowest BCUT2D eigenvalue weighted by Crippen LogP contribution is -2.09. The quantitative estimate of drug-likeness (QED) is 0.348. The largest absolute Gasteiger partial charge is 0.508 e. The van der Waals surface area contributed by atoms with E-state index in [9.17, 15) is 14.9 Å². The second kappa shape index (κ2) is 5.64. The lowest BCUT2D eigenvalue weighted by Gasteiger charge is -2.12. The van der Waals surface area contributed by atoms with Gasteiger partial charge >= 0.3 is 6.16 Å². The predicted molar refractivity (Wildman–Crippen MR) is 59.5 cm³/mol. The number of carbonyl (C=O) groups excluding carboxylic acids is 1. The van der Waals surface area contributed by atoms with Crippen LogP contribution in [0.5, 0.6) is 0 Å². The van der Waals surface area contributed by atoms with Crippen molar-refractivity contribution in [2.24, 2.45) is 0 Å². The summed E-state index contributed by atoms with van der Waals surface area (Å²) in [6.07, 6.45) is -0.130. The molecule has 1 atom stereocenters. The zero-order chi connectivity index (χ0) is 12.8. The van der Waals surface area contributed by atoms with E-state index in [0.29, 0.717) is 5.56 Å². The number of carbonyl (C=O) groups is 1. The number of methoxy groups -OCH3 is 1. The van der Waals surface area contributed by atoms with Crippen LogP contribution in [0.2, 0.25) is 0 Å². The highest BCUT2D eigenvalue weighted by atomic mass is 16.7. The topological polar surface area (TPSA) is 78.7 Å². The van der Waals surface area contributed by atoms with Crippen molar-refractivity contribution in [2.45, 2.75) is 6.10 Å². The minimum atomic E-state index is -0.840. The molecule has 0 amide bonds. The summed E-state index contributed by atoms with van der Waals surface area (Å²) >= 11 is 0. The molecule has 0 heterocycles. The molecule has 0 aromatic heterocycles. The summed E-state index contributed by atoms with van der Waals surface area (Å²) in [5.74, 6) is 0. The Morgan fingerprint density at radius 3 is 2.47 bits per heavy atom. The second-order valence-corrected chi connectivity index (χ2v) is 3.08. The molecule has 0 aliphatic carbocycles. The van der Waals surface area contributed by atoms with Crippen LogP contribution in [-0.2, 0) is 9.47 Å². The molecule has 6 heteroatoms. The zero-order valence-corrected chi connectivity index (χ0v) is 9.16. The summed E-state index contributed by atoms with van der Waals surface area (Å²) in [6, 6.07) is 5.64. The van der Waals surface area contributed by atoms with Crippen LogP contribution in [0.15, 0.2) is 36.9 Å². The van der Waals surface area contributed by atoms with E-state index in [4.69, 9.17) is 4.74 Å². The molecule has 0 saturated heterocycles. The number of nitro benzene ring substituents is 1. The van der Waals surface area contributed by atoms with E-state index < -0.39 is 17.2 Å². The van der Waals surface area contributed by atoms with Gasteiger partial charge in [0.25, 0.3) is 5.69 Å². The average molecular weight is 237 g/mol. The van der Waals surface area contributed by atoms with E-state index in [1.807, 2.05) is 0 Å². The van der Waals surface area contributed by atoms with Crippen LogP contribution in [0, 0.1) is 10.1 Å². The number of nitrogens with zero attached hydrogens (tertiary/aromatic N) is 1. The molecule has 0 aliphatic heterocycles. The first-order valence-corrected chi connectivity index (χ1v) is 4.70. The molecular weight excluding hydrogens is 226 g/mol. The lowest BCUT2D eigenvalue weighted by atomic mass is 10.1. The summed E-state index contributed by atoms with van der Waals surface area (Å²) in [6.45, 7) is 3.52. The Labute approximate surface area is 97.6 Å². The van der Waals surface area contributed by atoms with Gasteiger partial charge in [0, 0.05) is 12.1 Å². The summed E-state index contributed by atoms with van der Waals surface area (Å²) in [7, 11) is 1.19. The van der Waals surface area contributed by atoms with E-state index in [1.54, 1.807) is 0 Å². The molecule has 1 rings (SSSR count). The van der Waals surface area contributed by atoms with Gasteiger partial charge in [0.15, 0.2) is 0 Å². The smallest absolute Gasteiger partial charge is 0.438 e. The number of rotatable bonds is 4. The van der Waals surface area contributed by atoms with Crippen LogP contribution in [-0.4, -0.2) is 18.2 Å². The molecule has 0 spiro atoms. The van der Waals surface area contributed by atoms with Crippen molar-refractivity contribution < 1.29 is 19.2 Å². The van der Waals surface area contributed by atoms with Crippen molar-refractivity contribution >= 4 is 11.8 Å². The van der Waals surface area contributed by atoms with E-state index in [-0.39, 0.29) is 5.69 Å². The number of hydrogen-bond donors (Lipinski definition) is 0. The molecule has 1 aromatic carbocycles. The molecule has 0 aliphatic rings. The average Bonchev–Trinajstić information content (AvgIpc) is 2.35. The van der Waals surface area contributed by atoms with E-state index >= 15 is 0 Å². The van der Waals surface area contributed by atoms with Gasteiger partial charge in [-0.15, -0.1) is 0 Å². The monoisotopic (exact) mass is 237 g/mol. The third-order valence-electron chi connectivity index (χ3n) is 2.04. The summed E-state index contributed by atoms with van der Waals surface area (Å²) in [5, 5.41) is 10.5. The molecule has 0 N–H and O–H groups in total. The van der Waals surface area contributed by atoms with Gasteiger partial charge in [-0.2, -0.15) is 0 Å². The molecule has 90 valence electrons. The fourth-order valence-electron chi connectivity index (χ4n) is 1.19. The van der Waals surface area contributed by atoms with Crippen LogP contribution >= 0.6 is 0 Å². The summed E-state index contributed by atoms with van der Waals surface area (Å²) in [5.41, 5.74) is 0.547. The Morgan fingerprint density at radius 2 is 2.06 bits per heavy atom. The van der Waals surface area contributed by atoms with E-state index in [2.05, 4.69) is 11.3 Å². The first-order valence-electron chi connectivity index (χ1n) is 4.70. The minimum absolute atomic E-state index is 0.0327. The second-order valence-electron chi connectivity index (χ2n) is 3.08. The highest BCUT2D eigenvalue weighted by Crippen LogP contribution is 2.21. The molecule has 0 radical (unpaired) electrons. The first kappa shape index (κ1) is 12.7. The summed E-state index contributed by atoms with van der Waals surface area (Å²) < 4.78 is 9.23. The fourth-order valence-corrected chi connectivity index (χ4v) is 1.19. The van der Waals surface area contributed by atoms with Gasteiger partial charge in [0.2, 0.25) is 0 Å². The van der Waals surface area contributed by atoms with Gasteiger partial charge in [-0.25, -0.2) is 4.79 Å². The van der Waals surface area contributed by atoms with Crippen LogP contribution in [0.4, 0.5) is 10.5 Å². The predicted octanol–water partition coefficient (Wildman–Crippen LogP) is 2.60. The summed E-state index contributed by atoms with van der Waals surface area (Å²) in [4.78, 5) is 20.9. The van der Waals surface area contributed by atoms with E-state index in [0.717, 1.165) is 0 Å². The molecule has 6 nitrogen and oxygen atoms in total. The molecular formula is C11H11NO5. The minimum Gasteiger partial charge on any atom is -0.438 e. The van der Waals surface area contributed by atoms with E-state index in [1.165, 1.54) is 37.5 Å². The highest BCUT2D eigenvalue weighted by molar-refractivity contribution is 5.60. The lowest BCUT2D eigenvalue weighted by molar-refractivity contribution is -0.384. The SMILES string of the molecule is C=C[C@@H](OC(=O)OC)c1ccc([N+](=O)[O-])cc1. The molecule has 17 heavy (non-hydrogen) atoms. The molecule has 0 saturated carbocycles. The van der Waals surface area contributed by atoms with Crippen molar-refractivity contribution in [3.8, 4) is 0 Å². The maximum atomic E-state index is 10.9. The number of hydrogen-bond acceptors (Lipinski definition) is 5. The first-order chi connectivity index (χ1) is 8.08. The molecule has 1 aromatic rings. The molecule has 0 bridgehead atoms. The van der Waals surface area contributed by atoms with Gasteiger partial charge in [-0.3, -0.25) is 10.1 Å². The van der Waals surface area contributed by atoms with Gasteiger partial charge in [-0.05, 0) is 23.8 Å². The molecule has 0 fully saturated rings. The normalized spacial score (nSPS) is 11.4. The van der Waals surface area contributed by atoms with Gasteiger partial charge in [-0.1, -0.05) is 6.58 Å². The van der Waals surface area contributed by atoms with Crippen LogP contribution in [0.3, 0.4) is 0 Å². The maximum Gasteiger partial charge on any atom is 0.508 e. The highest BCUT2D eigenvalue weighted by Gasteiger charge is 2.14. The van der Waals surface area contributed by atoms with Crippen molar-refractivity contribution in [3.63, 3.8) is 0 Å². The number of nitro groups is 1. The maximum absolute atomic E-state index is 10.9. The Kier molecular flexibility index (Phi) is 4.21. The Bertz CT molecular complexity index is 426. The van der Waals surface area contributed by atoms with Gasteiger partial charge < -0.3 is 9.47 Å². The fraction of sp³-hybridized carbons (Fsp3) is 0.182. The van der Waals surface area contributed by atoms with Crippen LogP contribution < -0.4 is 0 Å². The molecule has 0 unspecified atom stereocenters. The van der Waals surface area contributed by atoms with Crippen LogP contribution in [0.25, 0.3) is 0 Å². The zero-order valence-electron chi connectivity index (χ0n) is 9.16. The number of ether oxygens (including phenoxy) is 2. The van der Waals surface area contributed by atoms with Crippen molar-refractivity contribution in [3.05, 3.63) is 52.6 Å². The van der Waals surface area contributed by atoms with Crippen molar-refractivity contribution in [1.82, 2.24) is 0 Å². The number of benzene rings is 1. The Morgan fingerprint density at radius 1 is 1.47 bits per heavy atom. The Balaban J connectivity index is 2.85. The van der Waals surface area contributed by atoms with Crippen molar-refractivity contribution in [2.75, 3.05) is 7.11 Å². The third kappa shape index (κ3) is 3.30. The standard InChI is InChI=1S/C11H11NO5/c1-3-10(17-11(13)16-2)8-4-6-9(7-5-8)12(14)15/h3-7,10H,1H2,2H3/t10-/m1/s1. The Hall–Kier alpha value is -2.37. The van der Waals surface area contributed by atoms with Crippen LogP contribution in [0.1, 0.15) is 11.7 Å². The van der Waals surface area contributed by atoms with Gasteiger partial charge in [0.1, 0.15) is 6.10 Å². The third-order valence-corrected chi connectivity index (χ3v) is 2.04. The van der Waals surface area contributed by atoms with Crippen molar-refractivity contribution in [1.29, 1.82) is 0 Å². The number of non-ortho nitro benzene ring substituents is 1. The van der Waals surface area contributed by atoms with Gasteiger partial charge in [0.05, 0.1) is 12.0 Å².